The highest BCUT2D eigenvalue weighted by atomic mass is 19.1. The van der Waals surface area contributed by atoms with Gasteiger partial charge in [-0.1, -0.05) is 35.9 Å². The van der Waals surface area contributed by atoms with Crippen molar-refractivity contribution in [2.75, 3.05) is 0 Å². The minimum absolute atomic E-state index is 0.0310. The van der Waals surface area contributed by atoms with Crippen molar-refractivity contribution in [3.05, 3.63) is 99.2 Å². The topological polar surface area (TPSA) is 124 Å². The molecule has 5 rings (SSSR count). The summed E-state index contributed by atoms with van der Waals surface area (Å²) >= 11 is 0. The highest BCUT2D eigenvalue weighted by Crippen LogP contribution is 2.15. The van der Waals surface area contributed by atoms with Gasteiger partial charge in [0.1, 0.15) is 11.4 Å². The Morgan fingerprint density at radius 3 is 2.56 bits per heavy atom. The van der Waals surface area contributed by atoms with Gasteiger partial charge in [0.2, 0.25) is 0 Å². The lowest BCUT2D eigenvalue weighted by Crippen LogP contribution is -2.28. The van der Waals surface area contributed by atoms with Crippen LogP contribution < -0.4 is 16.4 Å². The Morgan fingerprint density at radius 2 is 1.78 bits per heavy atom. The van der Waals surface area contributed by atoms with Crippen LogP contribution in [0.25, 0.3) is 16.7 Å². The van der Waals surface area contributed by atoms with Crippen LogP contribution in [0, 0.1) is 12.7 Å². The third-order valence-corrected chi connectivity index (χ3v) is 5.74. The number of nitrogens with zero attached hydrogens (tertiary/aromatic N) is 4. The molecule has 0 fully saturated rings. The lowest BCUT2D eigenvalue weighted by atomic mass is 10.1. The number of fused-ring (bicyclic) bond motifs is 2. The predicted molar refractivity (Wildman–Crippen MR) is 128 cm³/mol. The Kier molecular flexibility index (Phi) is 5.80. The van der Waals surface area contributed by atoms with Crippen molar-refractivity contribution in [1.29, 1.82) is 0 Å². The fraction of sp³-hybridized carbons (Fsp3) is 0.160. The lowest BCUT2D eigenvalue weighted by Gasteiger charge is -2.10. The van der Waals surface area contributed by atoms with Crippen LogP contribution in [0.3, 0.4) is 0 Å². The molecule has 3 heterocycles. The number of amides is 2. The molecule has 10 nitrogen and oxygen atoms in total. The van der Waals surface area contributed by atoms with Crippen LogP contribution in [0.4, 0.5) is 4.39 Å². The molecule has 0 bridgehead atoms. The molecule has 0 spiro atoms. The molecular formula is C25H21FN6O4. The quantitative estimate of drug-likeness (QED) is 0.379. The van der Waals surface area contributed by atoms with Crippen molar-refractivity contribution in [2.45, 2.75) is 20.0 Å². The van der Waals surface area contributed by atoms with E-state index in [0.717, 1.165) is 21.8 Å². The van der Waals surface area contributed by atoms with Gasteiger partial charge in [0.05, 0.1) is 11.7 Å². The molecule has 0 saturated carbocycles. The number of hydrogen-bond acceptors (Lipinski definition) is 6. The van der Waals surface area contributed by atoms with Gasteiger partial charge in [-0.2, -0.15) is 5.10 Å². The molecule has 0 radical (unpaired) electrons. The van der Waals surface area contributed by atoms with E-state index in [2.05, 4.69) is 20.7 Å². The number of aryl methyl sites for hydroxylation is 2. The average Bonchev–Trinajstić information content (AvgIpc) is 3.39. The van der Waals surface area contributed by atoms with Crippen LogP contribution in [0.15, 0.2) is 63.9 Å². The minimum atomic E-state index is -0.760. The van der Waals surface area contributed by atoms with Crippen molar-refractivity contribution in [3.63, 3.8) is 0 Å². The fourth-order valence-corrected chi connectivity index (χ4v) is 3.86. The second kappa shape index (κ2) is 9.10. The van der Waals surface area contributed by atoms with Gasteiger partial charge < -0.3 is 15.1 Å². The van der Waals surface area contributed by atoms with Gasteiger partial charge in [0.25, 0.3) is 11.8 Å². The number of halogens is 1. The van der Waals surface area contributed by atoms with E-state index in [9.17, 15) is 18.8 Å². The molecule has 0 saturated heterocycles. The first kappa shape index (κ1) is 23.0. The highest BCUT2D eigenvalue weighted by Gasteiger charge is 2.20. The molecular weight excluding hydrogens is 467 g/mol. The van der Waals surface area contributed by atoms with E-state index in [-0.39, 0.29) is 30.1 Å². The normalized spacial score (nSPS) is 11.2. The number of nitrogens with one attached hydrogen (secondary N) is 2. The summed E-state index contributed by atoms with van der Waals surface area (Å²) in [5, 5.41) is 9.37. The summed E-state index contributed by atoms with van der Waals surface area (Å²) < 4.78 is 21.9. The molecule has 0 aliphatic carbocycles. The smallest absolute Gasteiger partial charge is 0.408 e. The van der Waals surface area contributed by atoms with E-state index < -0.39 is 23.4 Å². The van der Waals surface area contributed by atoms with Crippen molar-refractivity contribution in [1.82, 2.24) is 29.8 Å². The summed E-state index contributed by atoms with van der Waals surface area (Å²) in [5.41, 5.74) is 3.26. The van der Waals surface area contributed by atoms with Crippen LogP contribution in [0.2, 0.25) is 0 Å². The molecule has 5 aromatic rings. The predicted octanol–water partition coefficient (Wildman–Crippen LogP) is 2.48. The van der Waals surface area contributed by atoms with Crippen LogP contribution in [-0.4, -0.2) is 31.0 Å². The summed E-state index contributed by atoms with van der Waals surface area (Å²) in [4.78, 5) is 41.6. The number of carbonyl (C=O) groups is 2. The zero-order valence-electron chi connectivity index (χ0n) is 19.4. The van der Waals surface area contributed by atoms with E-state index in [4.69, 9.17) is 4.42 Å². The first-order valence-electron chi connectivity index (χ1n) is 11.0. The van der Waals surface area contributed by atoms with Gasteiger partial charge in [0, 0.05) is 26.2 Å². The SMILES string of the molecule is Cc1cccc(CNC(=O)c2cc(C(=O)NCc3ccc4oc(=O)n(C)c4c3)nc3c(F)cnn23)c1. The minimum Gasteiger partial charge on any atom is -0.408 e. The Labute approximate surface area is 203 Å². The second-order valence-corrected chi connectivity index (χ2v) is 8.34. The summed E-state index contributed by atoms with van der Waals surface area (Å²) in [6.07, 6.45) is 0.936. The third kappa shape index (κ3) is 4.33. The molecule has 0 unspecified atom stereocenters. The molecule has 3 aromatic heterocycles. The number of oxazole rings is 1. The largest absolute Gasteiger partial charge is 0.419 e. The molecule has 11 heteroatoms. The lowest BCUT2D eigenvalue weighted by molar-refractivity contribution is 0.0942. The van der Waals surface area contributed by atoms with Crippen molar-refractivity contribution in [3.8, 4) is 0 Å². The van der Waals surface area contributed by atoms with Crippen molar-refractivity contribution < 1.29 is 18.4 Å². The second-order valence-electron chi connectivity index (χ2n) is 8.34. The van der Waals surface area contributed by atoms with E-state index in [1.54, 1.807) is 25.2 Å². The number of rotatable bonds is 6. The molecule has 36 heavy (non-hydrogen) atoms. The van der Waals surface area contributed by atoms with Crippen molar-refractivity contribution >= 4 is 28.6 Å². The summed E-state index contributed by atoms with van der Waals surface area (Å²) in [6.45, 7) is 2.30. The summed E-state index contributed by atoms with van der Waals surface area (Å²) in [5.74, 6) is -2.39. The Morgan fingerprint density at radius 1 is 1.03 bits per heavy atom. The number of benzene rings is 2. The van der Waals surface area contributed by atoms with Crippen LogP contribution in [0.1, 0.15) is 37.7 Å². The molecule has 0 atom stereocenters. The zero-order valence-corrected chi connectivity index (χ0v) is 19.4. The van der Waals surface area contributed by atoms with E-state index >= 15 is 0 Å². The number of carbonyl (C=O) groups excluding carboxylic acids is 2. The van der Waals surface area contributed by atoms with Crippen LogP contribution >= 0.6 is 0 Å². The zero-order chi connectivity index (χ0) is 25.4. The van der Waals surface area contributed by atoms with Crippen LogP contribution in [-0.2, 0) is 20.1 Å². The molecule has 2 aromatic carbocycles. The highest BCUT2D eigenvalue weighted by molar-refractivity contribution is 5.98. The number of hydrogen-bond donors (Lipinski definition) is 2. The fourth-order valence-electron chi connectivity index (χ4n) is 3.86. The first-order valence-corrected chi connectivity index (χ1v) is 11.0. The Hall–Kier alpha value is -4.80. The first-order chi connectivity index (χ1) is 17.3. The Bertz CT molecular complexity index is 1700. The maximum atomic E-state index is 14.3. The molecule has 0 aliphatic rings. The Balaban J connectivity index is 1.37. The van der Waals surface area contributed by atoms with Crippen LogP contribution in [0.5, 0.6) is 0 Å². The van der Waals surface area contributed by atoms with Gasteiger partial charge in [-0.05, 0) is 30.2 Å². The molecule has 2 N–H and O–H groups in total. The molecule has 0 aliphatic heterocycles. The summed E-state index contributed by atoms with van der Waals surface area (Å²) in [7, 11) is 1.58. The maximum absolute atomic E-state index is 14.3. The number of aromatic nitrogens is 4. The van der Waals surface area contributed by atoms with Crippen molar-refractivity contribution in [2.24, 2.45) is 7.05 Å². The van der Waals surface area contributed by atoms with E-state index in [0.29, 0.717) is 16.7 Å². The van der Waals surface area contributed by atoms with Gasteiger partial charge in [-0.3, -0.25) is 14.2 Å². The molecule has 2 amide bonds. The standard InChI is InChI=1S/C25H21FN6O4/c1-14-4-3-5-15(8-14)11-28-24(34)20-10-18(30-22-17(26)13-29-32(20)22)23(33)27-12-16-6-7-21-19(9-16)31(2)25(35)36-21/h3-10,13H,11-12H2,1-2H3,(H,27,33)(H,28,34). The van der Waals surface area contributed by atoms with Gasteiger partial charge in [-0.15, -0.1) is 0 Å². The maximum Gasteiger partial charge on any atom is 0.419 e. The van der Waals surface area contributed by atoms with Gasteiger partial charge in [-0.25, -0.2) is 18.7 Å². The summed E-state index contributed by atoms with van der Waals surface area (Å²) in [6, 6.07) is 14.0. The average molecular weight is 488 g/mol. The third-order valence-electron chi connectivity index (χ3n) is 5.74. The monoisotopic (exact) mass is 488 g/mol. The van der Waals surface area contributed by atoms with Gasteiger partial charge >= 0.3 is 5.76 Å². The van der Waals surface area contributed by atoms with E-state index in [1.165, 1.54) is 10.6 Å². The van der Waals surface area contributed by atoms with Gasteiger partial charge in [0.15, 0.2) is 17.0 Å². The van der Waals surface area contributed by atoms with E-state index in [1.807, 2.05) is 31.2 Å². The molecule has 182 valence electrons.